The number of hydrogen-bond donors (Lipinski definition) is 2. The maximum Gasteiger partial charge on any atom is 0.114 e. The summed E-state index contributed by atoms with van der Waals surface area (Å²) >= 11 is 9.50. The number of aromatic amines is 1. The summed E-state index contributed by atoms with van der Waals surface area (Å²) in [4.78, 5) is 3.45. The van der Waals surface area contributed by atoms with Crippen molar-refractivity contribution in [2.45, 2.75) is 19.4 Å². The second-order valence-corrected chi connectivity index (χ2v) is 6.72. The Kier molecular flexibility index (Phi) is 5.56. The number of halogens is 3. The Hall–Kier alpha value is -1.000. The van der Waals surface area contributed by atoms with Crippen molar-refractivity contribution in [3.05, 3.63) is 68.8 Å². The fourth-order valence-electron chi connectivity index (χ4n) is 2.72. The zero-order chi connectivity index (χ0) is 15.0. The normalized spacial score (nSPS) is 12.2. The van der Waals surface area contributed by atoms with Crippen LogP contribution in [-0.2, 0) is 6.42 Å². The van der Waals surface area contributed by atoms with Crippen LogP contribution in [0, 0.1) is 6.92 Å². The van der Waals surface area contributed by atoms with Crippen LogP contribution < -0.4 is 18.1 Å². The van der Waals surface area contributed by atoms with E-state index in [1.165, 1.54) is 27.7 Å². The van der Waals surface area contributed by atoms with Gasteiger partial charge >= 0.3 is 0 Å². The molecule has 2 nitrogen and oxygen atoms in total. The van der Waals surface area contributed by atoms with Gasteiger partial charge < -0.3 is 23.1 Å². The summed E-state index contributed by atoms with van der Waals surface area (Å²) in [6, 6.07) is 14.5. The highest BCUT2D eigenvalue weighted by molar-refractivity contribution is 9.10. The lowest BCUT2D eigenvalue weighted by atomic mass is 9.98. The average Bonchev–Trinajstić information content (AvgIpc) is 2.76. The Labute approximate surface area is 149 Å². The molecule has 0 aliphatic carbocycles. The van der Waals surface area contributed by atoms with Crippen LogP contribution in [0.25, 0.3) is 10.9 Å². The van der Waals surface area contributed by atoms with E-state index in [-0.39, 0.29) is 18.4 Å². The van der Waals surface area contributed by atoms with Crippen LogP contribution in [0.5, 0.6) is 0 Å². The summed E-state index contributed by atoms with van der Waals surface area (Å²) in [5.74, 6) is 0. The lowest BCUT2D eigenvalue weighted by Gasteiger charge is -2.09. The zero-order valence-electron chi connectivity index (χ0n) is 12.2. The van der Waals surface area contributed by atoms with E-state index in [9.17, 15) is 0 Å². The molecule has 1 heterocycles. The van der Waals surface area contributed by atoms with E-state index in [0.29, 0.717) is 0 Å². The molecule has 0 aliphatic heterocycles. The molecule has 0 spiro atoms. The summed E-state index contributed by atoms with van der Waals surface area (Å²) in [6.07, 6.45) is 0.907. The molecule has 5 heteroatoms. The Morgan fingerprint density at radius 3 is 2.55 bits per heavy atom. The first-order chi connectivity index (χ1) is 10.0. The number of rotatable bonds is 3. The fourth-order valence-corrected chi connectivity index (χ4v) is 3.20. The van der Waals surface area contributed by atoms with Gasteiger partial charge in [0.25, 0.3) is 0 Å². The predicted molar refractivity (Wildman–Crippen MR) is 91.5 cm³/mol. The van der Waals surface area contributed by atoms with Crippen molar-refractivity contribution >= 4 is 38.4 Å². The van der Waals surface area contributed by atoms with Crippen molar-refractivity contribution in [1.82, 2.24) is 4.98 Å². The predicted octanol–water partition coefficient (Wildman–Crippen LogP) is 1.42. The molecule has 0 amide bonds. The van der Waals surface area contributed by atoms with Gasteiger partial charge in [-0.15, -0.1) is 0 Å². The Morgan fingerprint density at radius 2 is 1.86 bits per heavy atom. The summed E-state index contributed by atoms with van der Waals surface area (Å²) in [5, 5.41) is 2.03. The molecule has 0 fully saturated rings. The van der Waals surface area contributed by atoms with Crippen molar-refractivity contribution in [2.75, 3.05) is 0 Å². The molecule has 1 unspecified atom stereocenters. The minimum absolute atomic E-state index is 0. The molecule has 22 heavy (non-hydrogen) atoms. The minimum Gasteiger partial charge on any atom is -1.00 e. The molecule has 4 N–H and O–H groups in total. The van der Waals surface area contributed by atoms with E-state index in [2.05, 4.69) is 63.9 Å². The van der Waals surface area contributed by atoms with Crippen LogP contribution in [-0.4, -0.2) is 4.98 Å². The van der Waals surface area contributed by atoms with Crippen LogP contribution in [0.3, 0.4) is 0 Å². The number of nitrogens with one attached hydrogen (secondary N) is 1. The van der Waals surface area contributed by atoms with Crippen molar-refractivity contribution < 1.29 is 18.1 Å². The van der Waals surface area contributed by atoms with Gasteiger partial charge in [-0.2, -0.15) is 0 Å². The molecule has 0 saturated carbocycles. The number of aromatic nitrogens is 1. The molecule has 0 saturated heterocycles. The maximum absolute atomic E-state index is 5.95. The third-order valence-electron chi connectivity index (χ3n) is 3.87. The van der Waals surface area contributed by atoms with Crippen LogP contribution in [0.1, 0.15) is 22.9 Å². The SMILES string of the molecule is Cc1[nH]c2ccc(Br)cc2c1CC([NH3+])c1ccc(Cl)cc1.[Cl-]. The standard InChI is InChI=1S/C17H16BrClN2.ClH/c1-10-14(15-8-12(18)4-7-17(15)21-10)9-16(20)11-2-5-13(19)6-3-11;/h2-8,16,21H,9,20H2,1H3;1H. The molecular weight excluding hydrogens is 383 g/mol. The third-order valence-corrected chi connectivity index (χ3v) is 4.62. The molecular formula is C17H17BrCl2N2. The monoisotopic (exact) mass is 398 g/mol. The smallest absolute Gasteiger partial charge is 0.114 e. The Balaban J connectivity index is 0.00000176. The Morgan fingerprint density at radius 1 is 1.18 bits per heavy atom. The number of hydrogen-bond acceptors (Lipinski definition) is 0. The second kappa shape index (κ2) is 7.05. The van der Waals surface area contributed by atoms with E-state index in [0.717, 1.165) is 15.9 Å². The lowest BCUT2D eigenvalue weighted by molar-refractivity contribution is -0.426. The first-order valence-electron chi connectivity index (χ1n) is 6.90. The fraction of sp³-hybridized carbons (Fsp3) is 0.176. The second-order valence-electron chi connectivity index (χ2n) is 5.37. The van der Waals surface area contributed by atoms with Gasteiger partial charge in [0.15, 0.2) is 0 Å². The number of quaternary nitrogens is 1. The molecule has 3 rings (SSSR count). The van der Waals surface area contributed by atoms with Gasteiger partial charge in [-0.05, 0) is 42.8 Å². The van der Waals surface area contributed by atoms with Crippen LogP contribution in [0.15, 0.2) is 46.9 Å². The van der Waals surface area contributed by atoms with Gasteiger partial charge in [-0.1, -0.05) is 39.7 Å². The molecule has 116 valence electrons. The van der Waals surface area contributed by atoms with Gasteiger partial charge in [0.2, 0.25) is 0 Å². The van der Waals surface area contributed by atoms with E-state index < -0.39 is 0 Å². The molecule has 2 aromatic carbocycles. The summed E-state index contributed by atoms with van der Waals surface area (Å²) in [5.41, 5.74) is 9.25. The van der Waals surface area contributed by atoms with Crippen LogP contribution >= 0.6 is 27.5 Å². The topological polar surface area (TPSA) is 43.4 Å². The van der Waals surface area contributed by atoms with Crippen LogP contribution in [0.4, 0.5) is 0 Å². The molecule has 3 aromatic rings. The number of H-pyrrole nitrogens is 1. The molecule has 0 bridgehead atoms. The van der Waals surface area contributed by atoms with Gasteiger partial charge in [-0.3, -0.25) is 0 Å². The minimum atomic E-state index is 0. The van der Waals surface area contributed by atoms with Gasteiger partial charge in [0.1, 0.15) is 6.04 Å². The van der Waals surface area contributed by atoms with E-state index in [4.69, 9.17) is 11.6 Å². The van der Waals surface area contributed by atoms with Crippen molar-refractivity contribution in [2.24, 2.45) is 0 Å². The largest absolute Gasteiger partial charge is 1.00 e. The number of benzene rings is 2. The molecule has 1 atom stereocenters. The highest BCUT2D eigenvalue weighted by Crippen LogP contribution is 2.28. The highest BCUT2D eigenvalue weighted by atomic mass is 79.9. The Bertz CT molecular complexity index is 781. The van der Waals surface area contributed by atoms with Crippen LogP contribution in [0.2, 0.25) is 5.02 Å². The van der Waals surface area contributed by atoms with Gasteiger partial charge in [-0.25, -0.2) is 0 Å². The van der Waals surface area contributed by atoms with E-state index >= 15 is 0 Å². The first-order valence-corrected chi connectivity index (χ1v) is 8.07. The average molecular weight is 400 g/mol. The van der Waals surface area contributed by atoms with Crippen molar-refractivity contribution in [3.8, 4) is 0 Å². The molecule has 1 aromatic heterocycles. The number of aryl methyl sites for hydroxylation is 1. The van der Waals surface area contributed by atoms with E-state index in [1.807, 2.05) is 12.1 Å². The van der Waals surface area contributed by atoms with Crippen molar-refractivity contribution in [1.29, 1.82) is 0 Å². The highest BCUT2D eigenvalue weighted by Gasteiger charge is 2.16. The summed E-state index contributed by atoms with van der Waals surface area (Å²) in [7, 11) is 0. The van der Waals surface area contributed by atoms with Gasteiger partial charge in [0, 0.05) is 38.1 Å². The number of fused-ring (bicyclic) bond motifs is 1. The molecule has 0 radical (unpaired) electrons. The first kappa shape index (κ1) is 17.4. The molecule has 0 aliphatic rings. The van der Waals surface area contributed by atoms with Crippen molar-refractivity contribution in [3.63, 3.8) is 0 Å². The summed E-state index contributed by atoms with van der Waals surface area (Å²) < 4.78 is 1.10. The maximum atomic E-state index is 5.95. The quantitative estimate of drug-likeness (QED) is 0.669. The third kappa shape index (κ3) is 3.49. The van der Waals surface area contributed by atoms with E-state index in [1.54, 1.807) is 0 Å². The zero-order valence-corrected chi connectivity index (χ0v) is 15.3. The summed E-state index contributed by atoms with van der Waals surface area (Å²) in [6.45, 7) is 2.12. The lowest BCUT2D eigenvalue weighted by Crippen LogP contribution is -3.00. The van der Waals surface area contributed by atoms with Gasteiger partial charge in [0.05, 0.1) is 0 Å².